The van der Waals surface area contributed by atoms with E-state index in [9.17, 15) is 24.5 Å². The second-order valence-corrected chi connectivity index (χ2v) is 11.5. The second kappa shape index (κ2) is 10.4. The minimum absolute atomic E-state index is 0.141. The predicted molar refractivity (Wildman–Crippen MR) is 168 cm³/mol. The van der Waals surface area contributed by atoms with Gasteiger partial charge in [0.25, 0.3) is 5.69 Å². The minimum Gasteiger partial charge on any atom is -0.352 e. The van der Waals surface area contributed by atoms with Crippen LogP contribution in [0.5, 0.6) is 0 Å². The first kappa shape index (κ1) is 27.5. The Morgan fingerprint density at radius 1 is 0.886 bits per heavy atom. The molecule has 4 atom stereocenters. The Balaban J connectivity index is 1.48. The quantitative estimate of drug-likeness (QED) is 0.153. The fraction of sp³-hybridized carbons (Fsp3) is 0.194. The normalized spacial score (nSPS) is 22.7. The number of hydrogen-bond donors (Lipinski definition) is 1. The molecule has 0 aliphatic carbocycles. The first-order valence-electron chi connectivity index (χ1n) is 14.7. The average Bonchev–Trinajstić information content (AvgIpc) is 3.53. The number of carbonyl (C=O) groups is 3. The van der Waals surface area contributed by atoms with Crippen LogP contribution in [0.3, 0.4) is 0 Å². The molecule has 8 nitrogen and oxygen atoms in total. The third-order valence-electron chi connectivity index (χ3n) is 9.23. The number of Topliss-reactive ketones (excluding diaryl/α,β-unsaturated/α-hetero) is 2. The molecular formula is C36H29N3O5. The zero-order chi connectivity index (χ0) is 30.6. The molecule has 1 saturated heterocycles. The van der Waals surface area contributed by atoms with E-state index >= 15 is 0 Å². The van der Waals surface area contributed by atoms with E-state index in [0.29, 0.717) is 16.8 Å². The van der Waals surface area contributed by atoms with Crippen LogP contribution >= 0.6 is 0 Å². The van der Waals surface area contributed by atoms with Gasteiger partial charge >= 0.3 is 0 Å². The van der Waals surface area contributed by atoms with Gasteiger partial charge in [0.05, 0.1) is 16.9 Å². The maximum absolute atomic E-state index is 14.9. The molecule has 1 amide bonds. The van der Waals surface area contributed by atoms with Gasteiger partial charge in [0.2, 0.25) is 5.91 Å². The van der Waals surface area contributed by atoms with Crippen LogP contribution in [0.25, 0.3) is 6.08 Å². The summed E-state index contributed by atoms with van der Waals surface area (Å²) in [7, 11) is 0. The van der Waals surface area contributed by atoms with Crippen LogP contribution in [0, 0.1) is 16.0 Å². The van der Waals surface area contributed by atoms with Crippen molar-refractivity contribution in [2.45, 2.75) is 37.3 Å². The highest BCUT2D eigenvalue weighted by molar-refractivity contribution is 6.18. The van der Waals surface area contributed by atoms with Crippen molar-refractivity contribution in [1.82, 2.24) is 0 Å². The number of fused-ring (bicyclic) bond motifs is 6. The number of nitro benzene ring substituents is 1. The molecule has 0 unspecified atom stereocenters. The third kappa shape index (κ3) is 3.94. The molecular weight excluding hydrogens is 554 g/mol. The highest BCUT2D eigenvalue weighted by Gasteiger charge is 2.70. The number of rotatable bonds is 7. The number of aryl methyl sites for hydroxylation is 1. The standard InChI is InChI=1S/C36H29N3O5/c1-2-7-22-12-14-24(15-13-22)33(40)31-32(34(41)25-16-19-26(20-17-25)39(43)44)38-29-11-6-3-8-23(29)18-21-30(38)36(31)27-9-4-5-10-28(27)37-35(36)42/h3-6,8-21,30-32H,2,7H2,1H3,(H,37,42)/t30-,31+,32+,36+/m1/s1. The minimum atomic E-state index is -1.42. The van der Waals surface area contributed by atoms with Gasteiger partial charge < -0.3 is 10.2 Å². The topological polar surface area (TPSA) is 110 Å². The van der Waals surface area contributed by atoms with Crippen LogP contribution in [0.15, 0.2) is 103 Å². The van der Waals surface area contributed by atoms with Gasteiger partial charge in [-0.25, -0.2) is 0 Å². The fourth-order valence-electron chi connectivity index (χ4n) is 7.34. The summed E-state index contributed by atoms with van der Waals surface area (Å²) in [5.41, 5.74) is 3.08. The molecule has 0 saturated carbocycles. The number of carbonyl (C=O) groups excluding carboxylic acids is 3. The monoisotopic (exact) mass is 583 g/mol. The molecule has 3 heterocycles. The number of nitrogens with one attached hydrogen (secondary N) is 1. The first-order chi connectivity index (χ1) is 21.4. The van der Waals surface area contributed by atoms with E-state index in [1.165, 1.54) is 24.3 Å². The van der Waals surface area contributed by atoms with Crippen LogP contribution in [-0.4, -0.2) is 34.5 Å². The van der Waals surface area contributed by atoms with Crippen molar-refractivity contribution in [3.8, 4) is 0 Å². The summed E-state index contributed by atoms with van der Waals surface area (Å²) in [6, 6.07) is 26.1. The van der Waals surface area contributed by atoms with Gasteiger partial charge in [0.15, 0.2) is 11.6 Å². The van der Waals surface area contributed by atoms with E-state index in [-0.39, 0.29) is 28.7 Å². The molecule has 3 aliphatic rings. The number of nitro groups is 1. The van der Waals surface area contributed by atoms with E-state index in [0.717, 1.165) is 29.7 Å². The summed E-state index contributed by atoms with van der Waals surface area (Å²) < 4.78 is 0. The molecule has 0 radical (unpaired) electrons. The lowest BCUT2D eigenvalue weighted by atomic mass is 9.64. The van der Waals surface area contributed by atoms with Gasteiger partial charge in [-0.3, -0.25) is 24.5 Å². The van der Waals surface area contributed by atoms with Crippen LogP contribution in [0.2, 0.25) is 0 Å². The number of ketones is 2. The van der Waals surface area contributed by atoms with Gasteiger partial charge in [-0.15, -0.1) is 0 Å². The molecule has 0 bridgehead atoms. The van der Waals surface area contributed by atoms with Gasteiger partial charge in [-0.1, -0.05) is 86.2 Å². The number of amides is 1. The lowest BCUT2D eigenvalue weighted by Crippen LogP contribution is -2.51. The summed E-state index contributed by atoms with van der Waals surface area (Å²) in [6.45, 7) is 2.09. The molecule has 44 heavy (non-hydrogen) atoms. The summed E-state index contributed by atoms with van der Waals surface area (Å²) in [4.78, 5) is 56.8. The van der Waals surface area contributed by atoms with E-state index in [4.69, 9.17) is 0 Å². The average molecular weight is 584 g/mol. The van der Waals surface area contributed by atoms with E-state index < -0.39 is 28.3 Å². The Labute approximate surface area is 254 Å². The zero-order valence-corrected chi connectivity index (χ0v) is 24.0. The molecule has 218 valence electrons. The van der Waals surface area contributed by atoms with Crippen molar-refractivity contribution in [2.24, 2.45) is 5.92 Å². The molecule has 7 rings (SSSR count). The number of benzene rings is 4. The Bertz CT molecular complexity index is 1860. The van der Waals surface area contributed by atoms with Gasteiger partial charge in [0, 0.05) is 34.6 Å². The smallest absolute Gasteiger partial charge is 0.269 e. The van der Waals surface area contributed by atoms with E-state index in [1.54, 1.807) is 12.1 Å². The van der Waals surface area contributed by atoms with Crippen molar-refractivity contribution in [2.75, 3.05) is 10.2 Å². The van der Waals surface area contributed by atoms with Crippen molar-refractivity contribution in [3.05, 3.63) is 141 Å². The highest BCUT2D eigenvalue weighted by Crippen LogP contribution is 2.58. The maximum atomic E-state index is 14.9. The molecule has 3 aliphatic heterocycles. The molecule has 1 fully saturated rings. The molecule has 0 aromatic heterocycles. The van der Waals surface area contributed by atoms with Crippen LogP contribution in [0.1, 0.15) is 50.8 Å². The van der Waals surface area contributed by atoms with Crippen molar-refractivity contribution < 1.29 is 19.3 Å². The summed E-state index contributed by atoms with van der Waals surface area (Å²) in [5.74, 6) is -2.13. The van der Waals surface area contributed by atoms with E-state index in [2.05, 4.69) is 12.2 Å². The number of non-ortho nitro benzene ring substituents is 1. The maximum Gasteiger partial charge on any atom is 0.269 e. The molecule has 1 spiro atoms. The number of anilines is 2. The second-order valence-electron chi connectivity index (χ2n) is 11.5. The largest absolute Gasteiger partial charge is 0.352 e. The SMILES string of the molecule is CCCc1ccc(C(=O)[C@@H]2[C@@H](C(=O)c3ccc([N+](=O)[O-])cc3)N3c4ccccc4C=C[C@@H]3[C@]23C(=O)Nc2ccccc23)cc1. The number of nitrogens with zero attached hydrogens (tertiary/aromatic N) is 2. The molecule has 1 N–H and O–H groups in total. The lowest BCUT2D eigenvalue weighted by Gasteiger charge is -2.37. The Morgan fingerprint density at radius 2 is 1.55 bits per heavy atom. The summed E-state index contributed by atoms with van der Waals surface area (Å²) in [6.07, 6.45) is 5.71. The predicted octanol–water partition coefficient (Wildman–Crippen LogP) is 6.40. The zero-order valence-electron chi connectivity index (χ0n) is 24.0. The van der Waals surface area contributed by atoms with Gasteiger partial charge in [0.1, 0.15) is 11.5 Å². The fourth-order valence-corrected chi connectivity index (χ4v) is 7.34. The Kier molecular flexibility index (Phi) is 6.50. The van der Waals surface area contributed by atoms with Crippen LogP contribution in [-0.2, 0) is 16.6 Å². The number of hydrogen-bond acceptors (Lipinski definition) is 6. The third-order valence-corrected chi connectivity index (χ3v) is 9.23. The molecule has 4 aromatic rings. The molecule has 8 heteroatoms. The summed E-state index contributed by atoms with van der Waals surface area (Å²) >= 11 is 0. The van der Waals surface area contributed by atoms with Crippen molar-refractivity contribution in [3.63, 3.8) is 0 Å². The van der Waals surface area contributed by atoms with Crippen molar-refractivity contribution >= 4 is 40.6 Å². The van der Waals surface area contributed by atoms with E-state index in [1.807, 2.05) is 77.7 Å². The van der Waals surface area contributed by atoms with Crippen LogP contribution < -0.4 is 10.2 Å². The van der Waals surface area contributed by atoms with Gasteiger partial charge in [-0.05, 0) is 47.4 Å². The van der Waals surface area contributed by atoms with Crippen molar-refractivity contribution in [1.29, 1.82) is 0 Å². The lowest BCUT2D eigenvalue weighted by molar-refractivity contribution is -0.384. The molecule has 4 aromatic carbocycles. The van der Waals surface area contributed by atoms with Gasteiger partial charge in [-0.2, -0.15) is 0 Å². The summed E-state index contributed by atoms with van der Waals surface area (Å²) in [5, 5.41) is 14.4. The highest BCUT2D eigenvalue weighted by atomic mass is 16.6. The Morgan fingerprint density at radius 3 is 2.27 bits per heavy atom. The number of para-hydroxylation sites is 2. The first-order valence-corrected chi connectivity index (χ1v) is 14.7. The Hall–Kier alpha value is -5.37. The van der Waals surface area contributed by atoms with Crippen LogP contribution in [0.4, 0.5) is 17.1 Å².